The lowest BCUT2D eigenvalue weighted by atomic mass is 9.84. The van der Waals surface area contributed by atoms with Gasteiger partial charge in [-0.05, 0) is 54.4 Å². The molecule has 2 nitrogen and oxygen atoms in total. The average Bonchev–Trinajstić information content (AvgIpc) is 2.92. The molecule has 1 aliphatic rings. The number of rotatable bonds is 7. The van der Waals surface area contributed by atoms with Crippen LogP contribution in [-0.2, 0) is 6.18 Å². The van der Waals surface area contributed by atoms with Gasteiger partial charge in [0.1, 0.15) is 0 Å². The lowest BCUT2D eigenvalue weighted by Gasteiger charge is -2.22. The maximum absolute atomic E-state index is 13.7. The number of hydrogen-bond acceptors (Lipinski definition) is 4. The Labute approximate surface area is 246 Å². The van der Waals surface area contributed by atoms with Crippen LogP contribution in [0.25, 0.3) is 0 Å². The molecular weight excluding hydrogens is 652 g/mol. The number of carbonyl (C=O) groups is 2. The van der Waals surface area contributed by atoms with Gasteiger partial charge in [-0.2, -0.15) is 13.2 Å². The molecule has 0 radical (unpaired) electrons. The van der Waals surface area contributed by atoms with Crippen molar-refractivity contribution in [2.75, 3.05) is 0 Å². The standard InChI is InChI=1S/C31H22F3IO2S2/c1-2-6-24(35)18-13-15-20(16-14-18)38-25-11-4-9-22-27(25)29(36)23-10-5-12-26(28(23)30(22)37)39-21-8-3-7-19(17-21)31(32,33)34/h3-5,7-17,24H,2,6H2,1H3. The molecule has 1 atom stereocenters. The Bertz CT molecular complexity index is 1570. The molecule has 0 spiro atoms. The normalized spacial score (nSPS) is 13.7. The number of carbonyl (C=O) groups excluding carboxylic acids is 2. The molecular formula is C31H22F3IO2S2. The highest BCUT2D eigenvalue weighted by atomic mass is 127. The van der Waals surface area contributed by atoms with E-state index >= 15 is 0 Å². The Hall–Kier alpha value is -2.56. The van der Waals surface area contributed by atoms with Gasteiger partial charge < -0.3 is 0 Å². The molecule has 0 bridgehead atoms. The summed E-state index contributed by atoms with van der Waals surface area (Å²) in [6, 6.07) is 23.4. The highest BCUT2D eigenvalue weighted by Gasteiger charge is 2.34. The van der Waals surface area contributed by atoms with E-state index in [2.05, 4.69) is 41.6 Å². The highest BCUT2D eigenvalue weighted by Crippen LogP contribution is 2.42. The van der Waals surface area contributed by atoms with Crippen LogP contribution in [0.2, 0.25) is 0 Å². The number of alkyl halides is 4. The molecule has 0 heterocycles. The molecule has 0 fully saturated rings. The fraction of sp³-hybridized carbons (Fsp3) is 0.161. The van der Waals surface area contributed by atoms with E-state index in [9.17, 15) is 22.8 Å². The topological polar surface area (TPSA) is 34.1 Å². The Morgan fingerprint density at radius 1 is 0.744 bits per heavy atom. The minimum Gasteiger partial charge on any atom is -0.289 e. The van der Waals surface area contributed by atoms with Gasteiger partial charge in [0.15, 0.2) is 11.6 Å². The van der Waals surface area contributed by atoms with Gasteiger partial charge in [0.2, 0.25) is 0 Å². The number of ketones is 2. The van der Waals surface area contributed by atoms with Crippen LogP contribution in [0.3, 0.4) is 0 Å². The summed E-state index contributed by atoms with van der Waals surface area (Å²) in [5, 5.41) is 0. The molecule has 8 heteroatoms. The zero-order chi connectivity index (χ0) is 27.7. The maximum Gasteiger partial charge on any atom is 0.416 e. The molecule has 198 valence electrons. The number of fused-ring (bicyclic) bond motifs is 2. The van der Waals surface area contributed by atoms with Crippen molar-refractivity contribution in [2.24, 2.45) is 0 Å². The highest BCUT2D eigenvalue weighted by molar-refractivity contribution is 14.1. The van der Waals surface area contributed by atoms with E-state index in [4.69, 9.17) is 0 Å². The van der Waals surface area contributed by atoms with Crippen LogP contribution < -0.4 is 0 Å². The van der Waals surface area contributed by atoms with Gasteiger partial charge in [-0.1, -0.05) is 102 Å². The molecule has 0 aliphatic heterocycles. The largest absolute Gasteiger partial charge is 0.416 e. The summed E-state index contributed by atoms with van der Waals surface area (Å²) in [5.41, 5.74) is 1.65. The molecule has 39 heavy (non-hydrogen) atoms. The quantitative estimate of drug-likeness (QED) is 0.127. The van der Waals surface area contributed by atoms with Gasteiger partial charge in [-0.15, -0.1) is 0 Å². The maximum atomic E-state index is 13.7. The lowest BCUT2D eigenvalue weighted by Crippen LogP contribution is -2.22. The molecule has 0 saturated heterocycles. The Morgan fingerprint density at radius 2 is 1.28 bits per heavy atom. The van der Waals surface area contributed by atoms with Crippen molar-refractivity contribution in [3.63, 3.8) is 0 Å². The van der Waals surface area contributed by atoms with E-state index in [1.165, 1.54) is 23.4 Å². The third-order valence-corrected chi connectivity index (χ3v) is 9.86. The molecule has 4 aromatic rings. The van der Waals surface area contributed by atoms with E-state index in [1.54, 1.807) is 36.4 Å². The van der Waals surface area contributed by atoms with Crippen LogP contribution in [0.4, 0.5) is 13.2 Å². The summed E-state index contributed by atoms with van der Waals surface area (Å²) in [7, 11) is 0. The third-order valence-electron chi connectivity index (χ3n) is 6.40. The van der Waals surface area contributed by atoms with E-state index in [0.717, 1.165) is 41.6 Å². The van der Waals surface area contributed by atoms with E-state index in [1.807, 2.05) is 18.2 Å². The van der Waals surface area contributed by atoms with Gasteiger partial charge in [-0.25, -0.2) is 0 Å². The summed E-state index contributed by atoms with van der Waals surface area (Å²) < 4.78 is 40.1. The minimum atomic E-state index is -4.47. The SMILES string of the molecule is CCCC(I)c1ccc(Sc2cccc3c2C(=O)c2cccc(Sc4cccc(C(F)(F)F)c4)c2C3=O)cc1. The second-order valence-electron chi connectivity index (χ2n) is 9.07. The first-order valence-electron chi connectivity index (χ1n) is 12.3. The smallest absolute Gasteiger partial charge is 0.289 e. The third kappa shape index (κ3) is 5.83. The van der Waals surface area contributed by atoms with Crippen molar-refractivity contribution in [3.05, 3.63) is 118 Å². The van der Waals surface area contributed by atoms with Crippen molar-refractivity contribution < 1.29 is 22.8 Å². The minimum absolute atomic E-state index is 0.230. The number of benzene rings is 4. The fourth-order valence-electron chi connectivity index (χ4n) is 4.50. The van der Waals surface area contributed by atoms with Crippen molar-refractivity contribution in [3.8, 4) is 0 Å². The second kappa shape index (κ2) is 11.5. The zero-order valence-electron chi connectivity index (χ0n) is 20.7. The Balaban J connectivity index is 1.47. The summed E-state index contributed by atoms with van der Waals surface area (Å²) >= 11 is 4.94. The molecule has 0 N–H and O–H groups in total. The predicted octanol–water partition coefficient (Wildman–Crippen LogP) is 10.1. The molecule has 0 amide bonds. The van der Waals surface area contributed by atoms with Crippen LogP contribution in [0, 0.1) is 0 Å². The summed E-state index contributed by atoms with van der Waals surface area (Å²) in [6.45, 7) is 2.16. The first kappa shape index (κ1) is 28.0. The van der Waals surface area contributed by atoms with Gasteiger partial charge in [-0.3, -0.25) is 9.59 Å². The first-order chi connectivity index (χ1) is 18.7. The van der Waals surface area contributed by atoms with Crippen LogP contribution in [0.5, 0.6) is 0 Å². The van der Waals surface area contributed by atoms with E-state index in [0.29, 0.717) is 29.7 Å². The number of hydrogen-bond donors (Lipinski definition) is 0. The average molecular weight is 675 g/mol. The molecule has 5 rings (SSSR count). The van der Waals surface area contributed by atoms with E-state index < -0.39 is 11.7 Å². The molecule has 4 aromatic carbocycles. The van der Waals surface area contributed by atoms with Crippen molar-refractivity contribution in [1.82, 2.24) is 0 Å². The van der Waals surface area contributed by atoms with Crippen LogP contribution >= 0.6 is 46.1 Å². The molecule has 1 unspecified atom stereocenters. The molecule has 1 aliphatic carbocycles. The molecule has 0 aromatic heterocycles. The predicted molar refractivity (Wildman–Crippen MR) is 158 cm³/mol. The lowest BCUT2D eigenvalue weighted by molar-refractivity contribution is -0.137. The summed E-state index contributed by atoms with van der Waals surface area (Å²) in [6.07, 6.45) is -2.26. The van der Waals surface area contributed by atoms with Crippen LogP contribution in [-0.4, -0.2) is 11.6 Å². The first-order valence-corrected chi connectivity index (χ1v) is 15.2. The summed E-state index contributed by atoms with van der Waals surface area (Å²) in [5.74, 6) is -0.569. The monoisotopic (exact) mass is 674 g/mol. The van der Waals surface area contributed by atoms with Gasteiger partial charge in [0.25, 0.3) is 0 Å². The molecule has 0 saturated carbocycles. The Kier molecular flexibility index (Phi) is 8.26. The number of halogens is 4. The van der Waals surface area contributed by atoms with Crippen molar-refractivity contribution in [2.45, 2.75) is 49.4 Å². The fourth-order valence-corrected chi connectivity index (χ4v) is 7.56. The Morgan fingerprint density at radius 3 is 1.82 bits per heavy atom. The van der Waals surface area contributed by atoms with E-state index in [-0.39, 0.29) is 22.7 Å². The van der Waals surface area contributed by atoms with Gasteiger partial charge >= 0.3 is 6.18 Å². The van der Waals surface area contributed by atoms with Gasteiger partial charge in [0, 0.05) is 45.8 Å². The van der Waals surface area contributed by atoms with Crippen LogP contribution in [0.1, 0.15) is 66.7 Å². The second-order valence-corrected chi connectivity index (χ2v) is 12.8. The van der Waals surface area contributed by atoms with Crippen molar-refractivity contribution >= 4 is 57.7 Å². The zero-order valence-corrected chi connectivity index (χ0v) is 24.5. The van der Waals surface area contributed by atoms with Crippen molar-refractivity contribution in [1.29, 1.82) is 0 Å². The van der Waals surface area contributed by atoms with Gasteiger partial charge in [0.05, 0.1) is 5.56 Å². The van der Waals surface area contributed by atoms with Crippen LogP contribution in [0.15, 0.2) is 105 Å². The summed E-state index contributed by atoms with van der Waals surface area (Å²) in [4.78, 5) is 29.9.